The predicted molar refractivity (Wildman–Crippen MR) is 152 cm³/mol. The summed E-state index contributed by atoms with van der Waals surface area (Å²) in [6, 6.07) is 10.5. The first-order valence-corrected chi connectivity index (χ1v) is 14.7. The van der Waals surface area contributed by atoms with Gasteiger partial charge in [-0.25, -0.2) is 13.2 Å². The van der Waals surface area contributed by atoms with Crippen LogP contribution < -0.4 is 39.2 Å². The molecule has 3 aromatic rings. The molecule has 1 heterocycles. The van der Waals surface area contributed by atoms with Gasteiger partial charge in [-0.2, -0.15) is 5.10 Å². The third kappa shape index (κ3) is 7.24. The molecular formula is C28H33N6NaO5S. The van der Waals surface area contributed by atoms with Crippen LogP contribution in [0.3, 0.4) is 0 Å². The summed E-state index contributed by atoms with van der Waals surface area (Å²) in [5.74, 6) is 0. The summed E-state index contributed by atoms with van der Waals surface area (Å²) in [4.78, 5) is 26.8. The molecule has 2 aliphatic carbocycles. The first-order valence-electron chi connectivity index (χ1n) is 13.3. The molecule has 0 saturated carbocycles. The van der Waals surface area contributed by atoms with E-state index in [1.807, 2.05) is 30.3 Å². The Hall–Kier alpha value is -3.06. The topological polar surface area (TPSA) is 128 Å². The number of hydrogen-bond acceptors (Lipinski definition) is 6. The van der Waals surface area contributed by atoms with E-state index in [-0.39, 0.29) is 54.9 Å². The van der Waals surface area contributed by atoms with Gasteiger partial charge in [-0.05, 0) is 72.0 Å². The van der Waals surface area contributed by atoms with Crippen LogP contribution in [0.5, 0.6) is 0 Å². The first-order chi connectivity index (χ1) is 19.2. The minimum atomic E-state index is -4.47. The number of rotatable bonds is 9. The molecule has 5 rings (SSSR count). The van der Waals surface area contributed by atoms with Crippen LogP contribution in [0.1, 0.15) is 40.7 Å². The smallest absolute Gasteiger partial charge is 0.445 e. The fourth-order valence-corrected chi connectivity index (χ4v) is 6.35. The van der Waals surface area contributed by atoms with Crippen molar-refractivity contribution in [3.63, 3.8) is 0 Å². The minimum Gasteiger partial charge on any atom is -0.445 e. The maximum absolute atomic E-state index is 13.4. The number of carbonyl (C=O) groups is 2. The minimum absolute atomic E-state index is 0. The fraction of sp³-hybridized carbons (Fsp3) is 0.393. The molecule has 0 atom stereocenters. The van der Waals surface area contributed by atoms with Crippen molar-refractivity contribution in [3.05, 3.63) is 81.3 Å². The van der Waals surface area contributed by atoms with Crippen LogP contribution in [-0.2, 0) is 54.3 Å². The maximum Gasteiger partial charge on any atom is 1.00 e. The van der Waals surface area contributed by atoms with Crippen molar-refractivity contribution < 1.29 is 52.3 Å². The Bertz CT molecular complexity index is 1480. The Kier molecular flexibility index (Phi) is 10.0. The van der Waals surface area contributed by atoms with Crippen LogP contribution in [0.15, 0.2) is 48.8 Å². The second-order valence-corrected chi connectivity index (χ2v) is 11.7. The summed E-state index contributed by atoms with van der Waals surface area (Å²) in [6.45, 7) is -0.0620. The number of anilines is 2. The van der Waals surface area contributed by atoms with Crippen LogP contribution in [0.4, 0.5) is 21.0 Å². The Morgan fingerprint density at radius 3 is 2.32 bits per heavy atom. The van der Waals surface area contributed by atoms with Crippen LogP contribution in [0.25, 0.3) is 4.72 Å². The average Bonchev–Trinajstić information content (AvgIpc) is 3.68. The third-order valence-electron chi connectivity index (χ3n) is 7.32. The number of benzene rings is 2. The second-order valence-electron chi connectivity index (χ2n) is 10.1. The van der Waals surface area contributed by atoms with Gasteiger partial charge in [0.1, 0.15) is 6.61 Å². The number of urea groups is 1. The molecule has 2 aliphatic rings. The van der Waals surface area contributed by atoms with E-state index in [0.717, 1.165) is 65.2 Å². The molecule has 41 heavy (non-hydrogen) atoms. The second kappa shape index (κ2) is 13.3. The molecule has 1 N–H and O–H groups in total. The van der Waals surface area contributed by atoms with E-state index in [1.54, 1.807) is 7.05 Å². The van der Waals surface area contributed by atoms with Crippen LogP contribution in [0, 0.1) is 0 Å². The van der Waals surface area contributed by atoms with Gasteiger partial charge in [0.05, 0.1) is 18.4 Å². The van der Waals surface area contributed by atoms with E-state index in [9.17, 15) is 18.0 Å². The quantitative estimate of drug-likeness (QED) is 0.376. The Morgan fingerprint density at radius 1 is 1.05 bits per heavy atom. The number of hydrogen-bond donors (Lipinski definition) is 1. The number of fused-ring (bicyclic) bond motifs is 2. The zero-order valence-electron chi connectivity index (χ0n) is 23.7. The predicted octanol–water partition coefficient (Wildman–Crippen LogP) is 1.33. The van der Waals surface area contributed by atoms with Crippen LogP contribution in [-0.4, -0.2) is 55.4 Å². The summed E-state index contributed by atoms with van der Waals surface area (Å²) in [6.07, 6.45) is 7.89. The van der Waals surface area contributed by atoms with Gasteiger partial charge in [0.25, 0.3) is 10.2 Å². The molecule has 2 aromatic carbocycles. The summed E-state index contributed by atoms with van der Waals surface area (Å²) in [7, 11) is -1.30. The molecule has 212 valence electrons. The molecule has 0 bridgehead atoms. The van der Waals surface area contributed by atoms with Gasteiger partial charge in [-0.15, -0.1) is 0 Å². The van der Waals surface area contributed by atoms with E-state index < -0.39 is 22.3 Å². The molecule has 0 radical (unpaired) electrons. The largest absolute Gasteiger partial charge is 1.00 e. The van der Waals surface area contributed by atoms with Crippen molar-refractivity contribution in [1.29, 1.82) is 0 Å². The number of nitrogens with zero attached hydrogens (tertiary/aromatic N) is 5. The van der Waals surface area contributed by atoms with Crippen molar-refractivity contribution in [2.75, 3.05) is 29.8 Å². The van der Waals surface area contributed by atoms with Crippen LogP contribution in [0.2, 0.25) is 0 Å². The summed E-state index contributed by atoms with van der Waals surface area (Å²) in [5, 5.41) is 6.87. The number of carbonyl (C=O) groups excluding carboxylic acids is 2. The van der Waals surface area contributed by atoms with Crippen molar-refractivity contribution in [2.45, 2.75) is 45.1 Å². The number of ether oxygens (including phenoxy) is 1. The van der Waals surface area contributed by atoms with Crippen molar-refractivity contribution in [2.24, 2.45) is 7.05 Å². The zero-order chi connectivity index (χ0) is 28.3. The first kappa shape index (κ1) is 30.9. The SMILES string of the molecule is CN(CCN(c1cnn(C)c1)S(=O)(=O)[N-]C(=O)Nc1c2c(cc3c1CCC3)CCC2)C(=O)OCc1ccccc1.[Na+]. The third-order valence-corrected chi connectivity index (χ3v) is 8.66. The molecule has 0 aliphatic heterocycles. The summed E-state index contributed by atoms with van der Waals surface area (Å²) in [5.41, 5.74) is 6.40. The molecule has 13 heteroatoms. The van der Waals surface area contributed by atoms with Gasteiger partial charge < -0.3 is 19.7 Å². The van der Waals surface area contributed by atoms with Gasteiger partial charge in [-0.1, -0.05) is 36.4 Å². The van der Waals surface area contributed by atoms with Gasteiger partial charge in [0.15, 0.2) is 6.03 Å². The maximum atomic E-state index is 13.4. The Labute approximate surface area is 262 Å². The summed E-state index contributed by atoms with van der Waals surface area (Å²) >= 11 is 0. The monoisotopic (exact) mass is 588 g/mol. The van der Waals surface area contributed by atoms with Crippen molar-refractivity contribution in [1.82, 2.24) is 14.7 Å². The molecule has 3 amide bonds. The van der Waals surface area contributed by atoms with Gasteiger partial charge in [0.2, 0.25) is 0 Å². The van der Waals surface area contributed by atoms with Gasteiger partial charge in [-0.3, -0.25) is 13.8 Å². The van der Waals surface area contributed by atoms with E-state index in [2.05, 4.69) is 21.2 Å². The molecule has 1 aromatic heterocycles. The van der Waals surface area contributed by atoms with Crippen molar-refractivity contribution >= 4 is 33.7 Å². The molecular weight excluding hydrogens is 555 g/mol. The Balaban J connectivity index is 0.00000387. The summed E-state index contributed by atoms with van der Waals surface area (Å²) < 4.78 is 38.2. The van der Waals surface area contributed by atoms with E-state index >= 15 is 0 Å². The molecule has 0 fully saturated rings. The Morgan fingerprint density at radius 2 is 1.71 bits per heavy atom. The van der Waals surface area contributed by atoms with E-state index in [4.69, 9.17) is 4.74 Å². The molecule has 0 spiro atoms. The number of aryl methyl sites for hydroxylation is 3. The fourth-order valence-electron chi connectivity index (χ4n) is 5.33. The normalized spacial score (nSPS) is 13.5. The van der Waals surface area contributed by atoms with E-state index in [1.165, 1.54) is 40.1 Å². The number of nitrogens with one attached hydrogen (secondary N) is 1. The zero-order valence-corrected chi connectivity index (χ0v) is 26.5. The van der Waals surface area contributed by atoms with Crippen LogP contribution >= 0.6 is 0 Å². The standard InChI is InChI=1S/C28H34N6O5S.Na/c1-32(28(36)39-19-20-8-4-3-5-9-20)14-15-34(23-17-29-33(2)18-23)40(37,38)31-27(35)30-26-24-12-6-10-21(24)16-22-11-7-13-25(22)26;/h3-5,8-9,16-18H,6-7,10-15,19H2,1-2H3,(H2,30,31,35);/q;+1/p-1. The van der Waals surface area contributed by atoms with Gasteiger partial charge in [0, 0.05) is 26.8 Å². The average molecular weight is 589 g/mol. The number of amides is 3. The van der Waals surface area contributed by atoms with Gasteiger partial charge >= 0.3 is 35.7 Å². The molecule has 11 nitrogen and oxygen atoms in total. The molecule has 0 saturated heterocycles. The van der Waals surface area contributed by atoms with E-state index in [0.29, 0.717) is 0 Å². The number of likely N-dealkylation sites (N-methyl/N-ethyl adjacent to an activating group) is 1. The van der Waals surface area contributed by atoms with Crippen molar-refractivity contribution in [3.8, 4) is 0 Å². The molecule has 0 unspecified atom stereocenters. The number of aromatic nitrogens is 2.